The number of carbonyl (C=O) groups is 1. The lowest BCUT2D eigenvalue weighted by Crippen LogP contribution is -2.66. The Kier molecular flexibility index (Phi) is 45.7. The number of unbranched alkanes of at least 4 members (excludes halogenated alkanes) is 12. The van der Waals surface area contributed by atoms with Crippen LogP contribution in [-0.2, 0) is 33.2 Å². The largest absolute Gasteiger partial charge is 0.394 e. The first-order chi connectivity index (χ1) is 43.8. The van der Waals surface area contributed by atoms with Gasteiger partial charge in [0, 0.05) is 6.42 Å². The lowest BCUT2D eigenvalue weighted by molar-refractivity contribution is -0.379. The van der Waals surface area contributed by atoms with Crippen LogP contribution in [0, 0.1) is 0 Å². The molecule has 17 unspecified atom stereocenters. The van der Waals surface area contributed by atoms with Gasteiger partial charge in [-0.05, 0) is 96.3 Å². The summed E-state index contributed by atoms with van der Waals surface area (Å²) in [6.45, 7) is 1.53. The molecule has 0 aliphatic carbocycles. The molecule has 0 spiro atoms. The third-order valence-corrected chi connectivity index (χ3v) is 15.7. The first-order valence-electron chi connectivity index (χ1n) is 33.4. The molecule has 17 atom stereocenters. The predicted molar refractivity (Wildman–Crippen MR) is 350 cm³/mol. The molecule has 3 fully saturated rings. The molecule has 3 rings (SSSR count). The Morgan fingerprint density at radius 1 is 0.411 bits per heavy atom. The fourth-order valence-corrected chi connectivity index (χ4v) is 10.3. The summed E-state index contributed by atoms with van der Waals surface area (Å²) in [7, 11) is 0. The number of carbonyl (C=O) groups excluding carboxylic acids is 1. The van der Waals surface area contributed by atoms with Crippen LogP contribution in [0.5, 0.6) is 0 Å². The molecule has 3 aliphatic rings. The minimum Gasteiger partial charge on any atom is -0.394 e. The molecular formula is C71H115NO18. The van der Waals surface area contributed by atoms with Crippen LogP contribution in [0.3, 0.4) is 0 Å². The fraction of sp³-hybridized carbons (Fsp3) is 0.676. The van der Waals surface area contributed by atoms with Crippen molar-refractivity contribution in [3.63, 3.8) is 0 Å². The van der Waals surface area contributed by atoms with Gasteiger partial charge in [0.2, 0.25) is 5.91 Å². The van der Waals surface area contributed by atoms with Gasteiger partial charge in [-0.25, -0.2) is 0 Å². The number of aliphatic hydroxyl groups excluding tert-OH is 11. The van der Waals surface area contributed by atoms with Crippen molar-refractivity contribution in [3.05, 3.63) is 134 Å². The Balaban J connectivity index is 1.38. The highest BCUT2D eigenvalue weighted by Crippen LogP contribution is 2.33. The van der Waals surface area contributed by atoms with E-state index in [4.69, 9.17) is 28.4 Å². The maximum absolute atomic E-state index is 13.3. The minimum absolute atomic E-state index is 0.204. The third kappa shape index (κ3) is 33.2. The molecule has 0 aromatic rings. The molecule has 19 nitrogen and oxygen atoms in total. The van der Waals surface area contributed by atoms with Gasteiger partial charge in [-0.15, -0.1) is 0 Å². The summed E-state index contributed by atoms with van der Waals surface area (Å²) in [5, 5.41) is 120. The van der Waals surface area contributed by atoms with Gasteiger partial charge in [0.05, 0.1) is 38.6 Å². The first-order valence-corrected chi connectivity index (χ1v) is 33.4. The summed E-state index contributed by atoms with van der Waals surface area (Å²) in [6, 6.07) is -0.995. The highest BCUT2D eigenvalue weighted by Gasteiger charge is 2.53. The van der Waals surface area contributed by atoms with Crippen LogP contribution in [0.1, 0.15) is 174 Å². The normalized spacial score (nSPS) is 28.9. The van der Waals surface area contributed by atoms with Crippen LogP contribution in [0.15, 0.2) is 134 Å². The number of hydrogen-bond donors (Lipinski definition) is 12. The van der Waals surface area contributed by atoms with Crippen molar-refractivity contribution < 1.29 is 89.4 Å². The van der Waals surface area contributed by atoms with Gasteiger partial charge in [-0.3, -0.25) is 4.79 Å². The Morgan fingerprint density at radius 3 is 1.20 bits per heavy atom. The van der Waals surface area contributed by atoms with E-state index >= 15 is 0 Å². The standard InChI is InChI=1S/C71H115NO18/c1-3-5-7-9-11-13-15-16-17-18-19-20-21-22-23-24-25-26-27-28-29-30-31-32-33-34-35-36-37-38-39-41-43-45-47-49-59(77)72-54(55(76)48-46-44-42-40-14-12-10-8-6-4-2)53-85-69-65(83)62(80)67(57(51-74)87-69)90-71-66(84)63(81)68(58(52-75)88-71)89-70-64(82)61(79)60(78)56(50-73)86-70/h5,7,11,13,16-17,19-20,22-23,25-26,28-29,31-32,34-35,37-38,46,48,54-58,60-71,73-76,78-84H,3-4,6,8-10,12,14-15,18,21,24,27,30,33,36,39-45,47,49-53H2,1-2H3,(H,72,77)/b7-5-,13-11-,17-16-,20-19-,23-22-,26-25-,29-28-,32-31-,35-34-,38-37-,48-46+. The summed E-state index contributed by atoms with van der Waals surface area (Å²) in [4.78, 5) is 13.3. The molecule has 3 saturated heterocycles. The van der Waals surface area contributed by atoms with Gasteiger partial charge in [0.25, 0.3) is 0 Å². The van der Waals surface area contributed by atoms with Crippen LogP contribution in [0.25, 0.3) is 0 Å². The van der Waals surface area contributed by atoms with Crippen LogP contribution >= 0.6 is 0 Å². The van der Waals surface area contributed by atoms with Crippen LogP contribution in [0.4, 0.5) is 0 Å². The first kappa shape index (κ1) is 80.2. The van der Waals surface area contributed by atoms with Gasteiger partial charge in [-0.2, -0.15) is 0 Å². The zero-order valence-electron chi connectivity index (χ0n) is 53.8. The summed E-state index contributed by atoms with van der Waals surface area (Å²) in [5.41, 5.74) is 0. The second-order valence-corrected chi connectivity index (χ2v) is 23.2. The third-order valence-electron chi connectivity index (χ3n) is 15.7. The van der Waals surface area contributed by atoms with Gasteiger partial charge >= 0.3 is 0 Å². The molecule has 12 N–H and O–H groups in total. The maximum atomic E-state index is 13.3. The summed E-state index contributed by atoms with van der Waals surface area (Å²) in [5.74, 6) is -0.309. The molecule has 3 aliphatic heterocycles. The monoisotopic (exact) mass is 1270 g/mol. The van der Waals surface area contributed by atoms with E-state index in [1.807, 2.05) is 6.08 Å². The van der Waals surface area contributed by atoms with E-state index in [9.17, 15) is 61.0 Å². The molecule has 1 amide bonds. The zero-order chi connectivity index (χ0) is 65.4. The van der Waals surface area contributed by atoms with Crippen LogP contribution < -0.4 is 5.32 Å². The molecule has 0 aromatic heterocycles. The van der Waals surface area contributed by atoms with Crippen molar-refractivity contribution in [2.75, 3.05) is 26.4 Å². The van der Waals surface area contributed by atoms with E-state index in [-0.39, 0.29) is 18.9 Å². The van der Waals surface area contributed by atoms with E-state index in [2.05, 4.69) is 141 Å². The van der Waals surface area contributed by atoms with Crippen molar-refractivity contribution >= 4 is 5.91 Å². The fourth-order valence-electron chi connectivity index (χ4n) is 10.3. The number of amides is 1. The average Bonchev–Trinajstić information content (AvgIpc) is 1.08. The molecule has 19 heteroatoms. The molecule has 90 heavy (non-hydrogen) atoms. The summed E-state index contributed by atoms with van der Waals surface area (Å²) < 4.78 is 34.2. The maximum Gasteiger partial charge on any atom is 0.220 e. The molecule has 0 bridgehead atoms. The minimum atomic E-state index is -1.99. The predicted octanol–water partition coefficient (Wildman–Crippen LogP) is 8.21. The molecular weight excluding hydrogens is 1150 g/mol. The van der Waals surface area contributed by atoms with Crippen molar-refractivity contribution in [2.45, 2.75) is 279 Å². The zero-order valence-corrected chi connectivity index (χ0v) is 53.8. The quantitative estimate of drug-likeness (QED) is 0.0202. The Hall–Kier alpha value is -4.07. The van der Waals surface area contributed by atoms with Gasteiger partial charge < -0.3 is 89.9 Å². The summed E-state index contributed by atoms with van der Waals surface area (Å²) in [6.07, 6.45) is 44.5. The van der Waals surface area contributed by atoms with Crippen molar-refractivity contribution in [1.82, 2.24) is 5.32 Å². The Morgan fingerprint density at radius 2 is 0.767 bits per heavy atom. The SMILES string of the molecule is CC/C=C\C/C=C\C/C=C\C/C=C\C/C=C\C/C=C\C/C=C\C/C=C\C/C=C\C/C=C\CCCCCCC(=O)NC(COC1OC(CO)C(OC2OC(CO)C(OC3OC(CO)C(O)C(O)C3O)C(O)C2O)C(O)C1O)C(O)/C=C/CCCCCCCCCC. The second kappa shape index (κ2) is 51.4. The van der Waals surface area contributed by atoms with Gasteiger partial charge in [-0.1, -0.05) is 205 Å². The topological polar surface area (TPSA) is 307 Å². The second-order valence-electron chi connectivity index (χ2n) is 23.2. The van der Waals surface area contributed by atoms with E-state index < -0.39 is 124 Å². The Labute approximate surface area is 537 Å². The lowest BCUT2D eigenvalue weighted by atomic mass is 9.96. The highest BCUT2D eigenvalue weighted by atomic mass is 16.8. The number of rotatable bonds is 48. The van der Waals surface area contributed by atoms with E-state index in [1.165, 1.54) is 32.1 Å². The Bertz CT molecular complexity index is 2150. The van der Waals surface area contributed by atoms with Gasteiger partial charge in [0.1, 0.15) is 73.2 Å². The van der Waals surface area contributed by atoms with E-state index in [0.717, 1.165) is 116 Å². The van der Waals surface area contributed by atoms with Gasteiger partial charge in [0.15, 0.2) is 18.9 Å². The van der Waals surface area contributed by atoms with Crippen LogP contribution in [0.2, 0.25) is 0 Å². The van der Waals surface area contributed by atoms with E-state index in [0.29, 0.717) is 6.42 Å². The van der Waals surface area contributed by atoms with E-state index in [1.54, 1.807) is 6.08 Å². The van der Waals surface area contributed by atoms with Crippen molar-refractivity contribution in [2.24, 2.45) is 0 Å². The van der Waals surface area contributed by atoms with Crippen molar-refractivity contribution in [1.29, 1.82) is 0 Å². The number of nitrogens with one attached hydrogen (secondary N) is 1. The number of hydrogen-bond acceptors (Lipinski definition) is 18. The summed E-state index contributed by atoms with van der Waals surface area (Å²) >= 11 is 0. The molecule has 0 aromatic carbocycles. The lowest BCUT2D eigenvalue weighted by Gasteiger charge is -2.48. The van der Waals surface area contributed by atoms with Crippen LogP contribution in [-0.4, -0.2) is 193 Å². The number of ether oxygens (including phenoxy) is 6. The van der Waals surface area contributed by atoms with Crippen molar-refractivity contribution in [3.8, 4) is 0 Å². The number of aliphatic hydroxyl groups is 11. The molecule has 512 valence electrons. The molecule has 0 radical (unpaired) electrons. The molecule has 3 heterocycles. The smallest absolute Gasteiger partial charge is 0.220 e. The molecule has 0 saturated carbocycles. The number of allylic oxidation sites excluding steroid dienone is 21. The highest BCUT2D eigenvalue weighted by molar-refractivity contribution is 5.76. The average molecular weight is 1270 g/mol.